The first-order chi connectivity index (χ1) is 16.0. The molecule has 7 heteroatoms. The SMILES string of the molecule is C=CC(=O)Oc1ccc(C(=O)Oc2ccc(OC(=O)c3ccc(OC)cc3)cc2)cc1.CC. The van der Waals surface area contributed by atoms with Crippen LogP contribution in [0.1, 0.15) is 34.6 Å². The maximum atomic E-state index is 12.3. The molecule has 0 spiro atoms. The van der Waals surface area contributed by atoms with Crippen LogP contribution in [0.15, 0.2) is 85.5 Å². The molecule has 7 nitrogen and oxygen atoms in total. The van der Waals surface area contributed by atoms with Gasteiger partial charge in [0.1, 0.15) is 23.0 Å². The molecule has 0 saturated carbocycles. The standard InChI is InChI=1S/C24H18O7.C2H6/c1-3-22(25)29-19-10-6-17(7-11-19)24(27)31-21-14-12-20(13-15-21)30-23(26)16-4-8-18(28-2)9-5-16;1-2/h3-15H,1H2,2H3;1-2H3. The van der Waals surface area contributed by atoms with Gasteiger partial charge < -0.3 is 18.9 Å². The largest absolute Gasteiger partial charge is 0.497 e. The molecule has 0 unspecified atom stereocenters. The molecule has 0 saturated heterocycles. The van der Waals surface area contributed by atoms with Gasteiger partial charge in [-0.05, 0) is 72.8 Å². The highest BCUT2D eigenvalue weighted by Gasteiger charge is 2.12. The van der Waals surface area contributed by atoms with Gasteiger partial charge in [-0.2, -0.15) is 0 Å². The maximum absolute atomic E-state index is 12.3. The first-order valence-corrected chi connectivity index (χ1v) is 10.1. The third-order valence-electron chi connectivity index (χ3n) is 4.05. The van der Waals surface area contributed by atoms with Crippen LogP contribution in [0.5, 0.6) is 23.0 Å². The van der Waals surface area contributed by atoms with Gasteiger partial charge in [0, 0.05) is 6.08 Å². The molecular formula is C26H24O7. The van der Waals surface area contributed by atoms with Crippen molar-refractivity contribution in [3.8, 4) is 23.0 Å². The molecule has 0 atom stereocenters. The van der Waals surface area contributed by atoms with Gasteiger partial charge in [0.2, 0.25) is 0 Å². The fraction of sp³-hybridized carbons (Fsp3) is 0.115. The van der Waals surface area contributed by atoms with E-state index in [9.17, 15) is 14.4 Å². The molecule has 0 aliphatic heterocycles. The third-order valence-corrected chi connectivity index (χ3v) is 4.05. The van der Waals surface area contributed by atoms with Crippen LogP contribution in [-0.4, -0.2) is 25.0 Å². The summed E-state index contributed by atoms with van der Waals surface area (Å²) >= 11 is 0. The average molecular weight is 448 g/mol. The van der Waals surface area contributed by atoms with Crippen molar-refractivity contribution in [2.75, 3.05) is 7.11 Å². The molecule has 0 aliphatic carbocycles. The number of methoxy groups -OCH3 is 1. The van der Waals surface area contributed by atoms with Crippen LogP contribution >= 0.6 is 0 Å². The van der Waals surface area contributed by atoms with Crippen LogP contribution in [-0.2, 0) is 4.79 Å². The van der Waals surface area contributed by atoms with E-state index in [1.54, 1.807) is 24.3 Å². The van der Waals surface area contributed by atoms with E-state index in [0.29, 0.717) is 17.1 Å². The quantitative estimate of drug-likeness (QED) is 0.277. The number of esters is 3. The van der Waals surface area contributed by atoms with Crippen molar-refractivity contribution in [2.24, 2.45) is 0 Å². The molecule has 0 fully saturated rings. The van der Waals surface area contributed by atoms with E-state index in [1.165, 1.54) is 55.6 Å². The topological polar surface area (TPSA) is 88.1 Å². The second kappa shape index (κ2) is 12.5. The zero-order valence-corrected chi connectivity index (χ0v) is 18.6. The van der Waals surface area contributed by atoms with Crippen molar-refractivity contribution in [1.29, 1.82) is 0 Å². The average Bonchev–Trinajstić information content (AvgIpc) is 2.86. The number of hydrogen-bond donors (Lipinski definition) is 0. The number of carbonyl (C=O) groups is 3. The van der Waals surface area contributed by atoms with Crippen LogP contribution in [0, 0.1) is 0 Å². The summed E-state index contributed by atoms with van der Waals surface area (Å²) in [6.45, 7) is 7.31. The van der Waals surface area contributed by atoms with Gasteiger partial charge >= 0.3 is 17.9 Å². The second-order valence-electron chi connectivity index (χ2n) is 6.13. The van der Waals surface area contributed by atoms with Crippen molar-refractivity contribution in [2.45, 2.75) is 13.8 Å². The summed E-state index contributed by atoms with van der Waals surface area (Å²) in [7, 11) is 1.54. The van der Waals surface area contributed by atoms with Crippen LogP contribution < -0.4 is 18.9 Å². The highest BCUT2D eigenvalue weighted by molar-refractivity contribution is 5.92. The summed E-state index contributed by atoms with van der Waals surface area (Å²) in [6, 6.07) is 18.5. The van der Waals surface area contributed by atoms with Gasteiger partial charge in [0.15, 0.2) is 0 Å². The highest BCUT2D eigenvalue weighted by Crippen LogP contribution is 2.21. The lowest BCUT2D eigenvalue weighted by molar-refractivity contribution is -0.128. The molecule has 3 rings (SSSR count). The first-order valence-electron chi connectivity index (χ1n) is 10.1. The number of hydrogen-bond acceptors (Lipinski definition) is 7. The molecule has 0 bridgehead atoms. The van der Waals surface area contributed by atoms with E-state index in [-0.39, 0.29) is 17.1 Å². The van der Waals surface area contributed by atoms with E-state index in [1.807, 2.05) is 13.8 Å². The van der Waals surface area contributed by atoms with Crippen LogP contribution in [0.2, 0.25) is 0 Å². The van der Waals surface area contributed by atoms with Crippen molar-refractivity contribution < 1.29 is 33.3 Å². The van der Waals surface area contributed by atoms with Crippen LogP contribution in [0.4, 0.5) is 0 Å². The molecule has 0 amide bonds. The minimum absolute atomic E-state index is 0.272. The van der Waals surface area contributed by atoms with E-state index >= 15 is 0 Å². The van der Waals surface area contributed by atoms with Crippen molar-refractivity contribution in [3.05, 3.63) is 96.6 Å². The number of rotatable bonds is 7. The Morgan fingerprint density at radius 3 is 1.30 bits per heavy atom. The predicted molar refractivity (Wildman–Crippen MR) is 123 cm³/mol. The van der Waals surface area contributed by atoms with Crippen LogP contribution in [0.3, 0.4) is 0 Å². The molecular weight excluding hydrogens is 424 g/mol. The molecule has 0 aliphatic rings. The fourth-order valence-electron chi connectivity index (χ4n) is 2.45. The molecule has 0 radical (unpaired) electrons. The van der Waals surface area contributed by atoms with Crippen molar-refractivity contribution in [1.82, 2.24) is 0 Å². The Morgan fingerprint density at radius 1 is 0.606 bits per heavy atom. The highest BCUT2D eigenvalue weighted by atomic mass is 16.5. The normalized spacial score (nSPS) is 9.55. The smallest absolute Gasteiger partial charge is 0.343 e. The number of ether oxygens (including phenoxy) is 4. The summed E-state index contributed by atoms with van der Waals surface area (Å²) in [5, 5.41) is 0. The van der Waals surface area contributed by atoms with Crippen molar-refractivity contribution in [3.63, 3.8) is 0 Å². The van der Waals surface area contributed by atoms with Gasteiger partial charge in [0.05, 0.1) is 18.2 Å². The first kappa shape index (κ1) is 24.9. The van der Waals surface area contributed by atoms with E-state index in [4.69, 9.17) is 18.9 Å². The Kier molecular flexibility index (Phi) is 9.39. The zero-order valence-electron chi connectivity index (χ0n) is 18.6. The summed E-state index contributed by atoms with van der Waals surface area (Å²) < 4.78 is 20.6. The maximum Gasteiger partial charge on any atom is 0.343 e. The molecule has 3 aromatic carbocycles. The monoisotopic (exact) mass is 448 g/mol. The molecule has 0 N–H and O–H groups in total. The van der Waals surface area contributed by atoms with E-state index < -0.39 is 17.9 Å². The van der Waals surface area contributed by atoms with Gasteiger partial charge in [-0.25, -0.2) is 14.4 Å². The summed E-state index contributed by atoms with van der Waals surface area (Å²) in [5.41, 5.74) is 0.645. The van der Waals surface area contributed by atoms with Crippen LogP contribution in [0.25, 0.3) is 0 Å². The lowest BCUT2D eigenvalue weighted by Crippen LogP contribution is -2.10. The number of benzene rings is 3. The van der Waals surface area contributed by atoms with Crippen molar-refractivity contribution >= 4 is 17.9 Å². The lowest BCUT2D eigenvalue weighted by Gasteiger charge is -2.08. The lowest BCUT2D eigenvalue weighted by atomic mass is 10.2. The minimum Gasteiger partial charge on any atom is -0.497 e. The van der Waals surface area contributed by atoms with Gasteiger partial charge in [-0.15, -0.1) is 0 Å². The molecule has 0 aromatic heterocycles. The summed E-state index contributed by atoms with van der Waals surface area (Å²) in [6.07, 6.45) is 1.04. The Labute approximate surface area is 192 Å². The van der Waals surface area contributed by atoms with E-state index in [0.717, 1.165) is 6.08 Å². The summed E-state index contributed by atoms with van der Waals surface area (Å²) in [5.74, 6) is -0.220. The molecule has 170 valence electrons. The Hall–Kier alpha value is -4.39. The third kappa shape index (κ3) is 7.36. The molecule has 33 heavy (non-hydrogen) atoms. The second-order valence-corrected chi connectivity index (χ2v) is 6.13. The number of carbonyl (C=O) groups excluding carboxylic acids is 3. The molecule has 3 aromatic rings. The zero-order chi connectivity index (χ0) is 24.2. The fourth-order valence-corrected chi connectivity index (χ4v) is 2.45. The Morgan fingerprint density at radius 2 is 0.939 bits per heavy atom. The Balaban J connectivity index is 0.00000187. The van der Waals surface area contributed by atoms with Gasteiger partial charge in [-0.1, -0.05) is 20.4 Å². The minimum atomic E-state index is -0.594. The summed E-state index contributed by atoms with van der Waals surface area (Å²) in [4.78, 5) is 35.6. The van der Waals surface area contributed by atoms with E-state index in [2.05, 4.69) is 6.58 Å². The van der Waals surface area contributed by atoms with Gasteiger partial charge in [0.25, 0.3) is 0 Å². The van der Waals surface area contributed by atoms with Gasteiger partial charge in [-0.3, -0.25) is 0 Å². The predicted octanol–water partition coefficient (Wildman–Crippen LogP) is 5.25. The molecule has 0 heterocycles. The Bertz CT molecular complexity index is 1080.